The molecule has 0 aliphatic carbocycles. The topological polar surface area (TPSA) is 125 Å². The van der Waals surface area contributed by atoms with Crippen molar-refractivity contribution in [1.29, 1.82) is 0 Å². The van der Waals surface area contributed by atoms with E-state index < -0.39 is 28.5 Å². The minimum Gasteiger partial charge on any atom is -0.495 e. The van der Waals surface area contributed by atoms with Gasteiger partial charge in [-0.1, -0.05) is 15.9 Å². The Balaban J connectivity index is 2.06. The molecular formula is C17H17BrN2O6S. The standard InChI is InChI=1S/C17H17BrN2O6S/c1-10-7-12(18)4-5-13(10)20-16(21)9-26-17(22)11-3-6-14(25-2)15(8-11)27(19,23)24/h3-8H,9H2,1-2H3,(H,20,21)(H2,19,23,24). The molecule has 0 atom stereocenters. The summed E-state index contributed by atoms with van der Waals surface area (Å²) in [6, 6.07) is 8.93. The maximum absolute atomic E-state index is 12.1. The van der Waals surface area contributed by atoms with Gasteiger partial charge in [-0.2, -0.15) is 0 Å². The van der Waals surface area contributed by atoms with Crippen LogP contribution >= 0.6 is 15.9 Å². The van der Waals surface area contributed by atoms with E-state index in [2.05, 4.69) is 21.2 Å². The van der Waals surface area contributed by atoms with E-state index in [9.17, 15) is 18.0 Å². The average Bonchev–Trinajstić information content (AvgIpc) is 2.60. The molecule has 2 rings (SSSR count). The molecule has 0 bridgehead atoms. The van der Waals surface area contributed by atoms with E-state index in [1.54, 1.807) is 12.1 Å². The third-order valence-corrected chi connectivity index (χ3v) is 4.93. The molecule has 2 aromatic carbocycles. The van der Waals surface area contributed by atoms with Gasteiger partial charge in [0.2, 0.25) is 10.0 Å². The number of hydrogen-bond donors (Lipinski definition) is 2. The number of hydrogen-bond acceptors (Lipinski definition) is 6. The highest BCUT2D eigenvalue weighted by atomic mass is 79.9. The van der Waals surface area contributed by atoms with Crippen LogP contribution in [0.4, 0.5) is 5.69 Å². The number of nitrogens with two attached hydrogens (primary N) is 1. The number of methoxy groups -OCH3 is 1. The van der Waals surface area contributed by atoms with E-state index in [1.807, 2.05) is 13.0 Å². The predicted molar refractivity (Wildman–Crippen MR) is 102 cm³/mol. The van der Waals surface area contributed by atoms with Gasteiger partial charge >= 0.3 is 5.97 Å². The number of esters is 1. The van der Waals surface area contributed by atoms with Crippen LogP contribution in [0.25, 0.3) is 0 Å². The SMILES string of the molecule is COc1ccc(C(=O)OCC(=O)Nc2ccc(Br)cc2C)cc1S(N)(=O)=O. The number of carbonyl (C=O) groups excluding carboxylic acids is 2. The lowest BCUT2D eigenvalue weighted by Gasteiger charge is -2.10. The number of sulfonamides is 1. The van der Waals surface area contributed by atoms with E-state index in [0.717, 1.165) is 16.1 Å². The number of ether oxygens (including phenoxy) is 2. The van der Waals surface area contributed by atoms with Crippen LogP contribution in [0.1, 0.15) is 15.9 Å². The molecule has 0 radical (unpaired) electrons. The summed E-state index contributed by atoms with van der Waals surface area (Å²) >= 11 is 3.33. The molecule has 0 spiro atoms. The molecule has 8 nitrogen and oxygen atoms in total. The second-order valence-corrected chi connectivity index (χ2v) is 7.94. The first-order valence-electron chi connectivity index (χ1n) is 7.56. The quantitative estimate of drug-likeness (QED) is 0.641. The van der Waals surface area contributed by atoms with Crippen LogP contribution in [-0.4, -0.2) is 34.0 Å². The van der Waals surface area contributed by atoms with Crippen molar-refractivity contribution in [2.24, 2.45) is 5.14 Å². The van der Waals surface area contributed by atoms with Crippen molar-refractivity contribution >= 4 is 43.5 Å². The highest BCUT2D eigenvalue weighted by molar-refractivity contribution is 9.10. The van der Waals surface area contributed by atoms with Crippen LogP contribution < -0.4 is 15.2 Å². The van der Waals surface area contributed by atoms with Gasteiger partial charge in [0.25, 0.3) is 5.91 Å². The van der Waals surface area contributed by atoms with Gasteiger partial charge in [0, 0.05) is 10.2 Å². The zero-order chi connectivity index (χ0) is 20.2. The molecule has 0 aliphatic rings. The molecule has 0 aromatic heterocycles. The van der Waals surface area contributed by atoms with E-state index in [1.165, 1.54) is 19.2 Å². The Morgan fingerprint density at radius 2 is 1.89 bits per heavy atom. The molecule has 3 N–H and O–H groups in total. The largest absolute Gasteiger partial charge is 0.495 e. The third-order valence-electron chi connectivity index (χ3n) is 3.50. The number of benzene rings is 2. The number of primary sulfonamides is 1. The Morgan fingerprint density at radius 3 is 2.48 bits per heavy atom. The maximum atomic E-state index is 12.1. The number of rotatable bonds is 6. The van der Waals surface area contributed by atoms with Gasteiger partial charge in [0.05, 0.1) is 12.7 Å². The molecule has 0 fully saturated rings. The van der Waals surface area contributed by atoms with Crippen LogP contribution in [0.2, 0.25) is 0 Å². The van der Waals surface area contributed by atoms with Gasteiger partial charge in [-0.3, -0.25) is 4.79 Å². The summed E-state index contributed by atoms with van der Waals surface area (Å²) in [5.74, 6) is -1.41. The highest BCUT2D eigenvalue weighted by Crippen LogP contribution is 2.24. The first-order chi connectivity index (χ1) is 12.6. The summed E-state index contributed by atoms with van der Waals surface area (Å²) in [4.78, 5) is 23.7. The number of carbonyl (C=O) groups is 2. The number of anilines is 1. The Labute approximate surface area is 164 Å². The number of amides is 1. The van der Waals surface area contributed by atoms with Gasteiger partial charge in [0.1, 0.15) is 10.6 Å². The highest BCUT2D eigenvalue weighted by Gasteiger charge is 2.19. The predicted octanol–water partition coefficient (Wildman–Crippen LogP) is 2.21. The van der Waals surface area contributed by atoms with Crippen molar-refractivity contribution in [1.82, 2.24) is 0 Å². The molecule has 1 amide bonds. The fraction of sp³-hybridized carbons (Fsp3) is 0.176. The summed E-state index contributed by atoms with van der Waals surface area (Å²) in [6.07, 6.45) is 0. The minimum atomic E-state index is -4.10. The second-order valence-electron chi connectivity index (χ2n) is 5.49. The van der Waals surface area contributed by atoms with Crippen molar-refractivity contribution < 1.29 is 27.5 Å². The first-order valence-corrected chi connectivity index (χ1v) is 9.89. The van der Waals surface area contributed by atoms with Crippen LogP contribution in [0.5, 0.6) is 5.75 Å². The van der Waals surface area contributed by atoms with E-state index >= 15 is 0 Å². The van der Waals surface area contributed by atoms with E-state index in [4.69, 9.17) is 14.6 Å². The van der Waals surface area contributed by atoms with Crippen molar-refractivity contribution in [3.63, 3.8) is 0 Å². The smallest absolute Gasteiger partial charge is 0.338 e. The van der Waals surface area contributed by atoms with Crippen LogP contribution in [-0.2, 0) is 19.6 Å². The van der Waals surface area contributed by atoms with Crippen LogP contribution in [0.3, 0.4) is 0 Å². The van der Waals surface area contributed by atoms with Gasteiger partial charge < -0.3 is 14.8 Å². The maximum Gasteiger partial charge on any atom is 0.338 e. The summed E-state index contributed by atoms with van der Waals surface area (Å²) < 4.78 is 33.9. The van der Waals surface area contributed by atoms with Crippen LogP contribution in [0, 0.1) is 6.92 Å². The Bertz CT molecular complexity index is 991. The molecule has 2 aromatic rings. The van der Waals surface area contributed by atoms with Crippen molar-refractivity contribution in [3.8, 4) is 5.75 Å². The van der Waals surface area contributed by atoms with Crippen molar-refractivity contribution in [3.05, 3.63) is 52.0 Å². The minimum absolute atomic E-state index is 0.00231. The van der Waals surface area contributed by atoms with E-state index in [-0.39, 0.29) is 16.2 Å². The Kier molecular flexibility index (Phi) is 6.58. The fourth-order valence-electron chi connectivity index (χ4n) is 2.19. The van der Waals surface area contributed by atoms with Gasteiger partial charge in [-0.15, -0.1) is 0 Å². The average molecular weight is 457 g/mol. The molecule has 10 heteroatoms. The lowest BCUT2D eigenvalue weighted by Crippen LogP contribution is -2.21. The summed E-state index contributed by atoms with van der Waals surface area (Å²) in [5, 5.41) is 7.73. The number of halogens is 1. The molecular weight excluding hydrogens is 440 g/mol. The zero-order valence-electron chi connectivity index (χ0n) is 14.5. The third kappa shape index (κ3) is 5.52. The Hall–Kier alpha value is -2.43. The zero-order valence-corrected chi connectivity index (χ0v) is 16.9. The lowest BCUT2D eigenvalue weighted by atomic mass is 10.2. The number of aryl methyl sites for hydroxylation is 1. The summed E-state index contributed by atoms with van der Waals surface area (Å²) in [6.45, 7) is 1.28. The second kappa shape index (κ2) is 8.51. The fourth-order valence-corrected chi connectivity index (χ4v) is 3.39. The molecule has 144 valence electrons. The van der Waals surface area contributed by atoms with Gasteiger partial charge in [-0.05, 0) is 48.9 Å². The van der Waals surface area contributed by atoms with E-state index in [0.29, 0.717) is 5.69 Å². The van der Waals surface area contributed by atoms with Crippen molar-refractivity contribution in [2.75, 3.05) is 19.0 Å². The Morgan fingerprint density at radius 1 is 1.19 bits per heavy atom. The molecule has 0 saturated heterocycles. The van der Waals surface area contributed by atoms with Gasteiger partial charge in [0.15, 0.2) is 6.61 Å². The first kappa shape index (κ1) is 20.9. The van der Waals surface area contributed by atoms with Crippen LogP contribution in [0.15, 0.2) is 45.8 Å². The van der Waals surface area contributed by atoms with Crippen molar-refractivity contribution in [2.45, 2.75) is 11.8 Å². The molecule has 0 unspecified atom stereocenters. The summed E-state index contributed by atoms with van der Waals surface area (Å²) in [7, 11) is -2.82. The lowest BCUT2D eigenvalue weighted by molar-refractivity contribution is -0.119. The summed E-state index contributed by atoms with van der Waals surface area (Å²) in [5.41, 5.74) is 1.34. The number of nitrogens with one attached hydrogen (secondary N) is 1. The monoisotopic (exact) mass is 456 g/mol. The molecule has 0 aliphatic heterocycles. The molecule has 0 heterocycles. The molecule has 0 saturated carbocycles. The normalized spacial score (nSPS) is 11.0. The molecule has 27 heavy (non-hydrogen) atoms. The van der Waals surface area contributed by atoms with Gasteiger partial charge in [-0.25, -0.2) is 18.4 Å².